The molecule has 1 aliphatic rings. The molecule has 0 aromatic carbocycles. The van der Waals surface area contributed by atoms with Gasteiger partial charge in [-0.05, 0) is 69.7 Å². The summed E-state index contributed by atoms with van der Waals surface area (Å²) >= 11 is 2.27. The van der Waals surface area contributed by atoms with E-state index in [-0.39, 0.29) is 12.3 Å². The number of aromatic nitrogens is 2. The summed E-state index contributed by atoms with van der Waals surface area (Å²) < 4.78 is 14.0. The summed E-state index contributed by atoms with van der Waals surface area (Å²) in [5.74, 6) is 0. The Balaban J connectivity index is 1.77. The van der Waals surface area contributed by atoms with E-state index in [0.29, 0.717) is 6.54 Å². The Kier molecular flexibility index (Phi) is 7.51. The summed E-state index contributed by atoms with van der Waals surface area (Å²) in [4.78, 5) is 13.8. The predicted molar refractivity (Wildman–Crippen MR) is 104 cm³/mol. The maximum absolute atomic E-state index is 11.7. The van der Waals surface area contributed by atoms with Crippen molar-refractivity contribution < 1.29 is 14.3 Å². The maximum Gasteiger partial charge on any atom is 0.407 e. The van der Waals surface area contributed by atoms with Crippen LogP contribution in [0.1, 0.15) is 51.8 Å². The second kappa shape index (κ2) is 9.18. The average molecular weight is 464 g/mol. The van der Waals surface area contributed by atoms with Crippen LogP contribution in [0.5, 0.6) is 0 Å². The maximum atomic E-state index is 11.7. The van der Waals surface area contributed by atoms with Crippen molar-refractivity contribution >= 4 is 28.7 Å². The fourth-order valence-electron chi connectivity index (χ4n) is 2.63. The van der Waals surface area contributed by atoms with E-state index >= 15 is 0 Å². The van der Waals surface area contributed by atoms with E-state index in [1.807, 2.05) is 32.5 Å². The van der Waals surface area contributed by atoms with Crippen LogP contribution in [0.15, 0.2) is 6.20 Å². The van der Waals surface area contributed by atoms with E-state index in [9.17, 15) is 4.79 Å². The van der Waals surface area contributed by atoms with E-state index in [0.717, 1.165) is 36.2 Å². The molecule has 2 rings (SSSR count). The molecule has 1 fully saturated rings. The Labute approximate surface area is 163 Å². The van der Waals surface area contributed by atoms with Gasteiger partial charge in [0, 0.05) is 38.0 Å². The minimum atomic E-state index is -0.470. The van der Waals surface area contributed by atoms with Crippen LogP contribution >= 0.6 is 22.6 Å². The second-order valence-electron chi connectivity index (χ2n) is 7.41. The molecular weight excluding hydrogens is 435 g/mol. The minimum absolute atomic E-state index is 0.0650. The fraction of sp³-hybridized carbons (Fsp3) is 0.765. The van der Waals surface area contributed by atoms with Crippen molar-refractivity contribution in [2.45, 2.75) is 58.4 Å². The van der Waals surface area contributed by atoms with Gasteiger partial charge >= 0.3 is 6.09 Å². The quantitative estimate of drug-likeness (QED) is 0.656. The molecule has 0 aliphatic carbocycles. The molecule has 25 heavy (non-hydrogen) atoms. The molecule has 1 aromatic rings. The lowest BCUT2D eigenvalue weighted by Gasteiger charge is -2.22. The number of carbonyl (C=O) groups excluding carboxylic acids is 1. The molecule has 1 N–H and O–H groups in total. The number of likely N-dealkylation sites (N-methyl/N-ethyl adjacent to an activating group) is 1. The van der Waals surface area contributed by atoms with Crippen molar-refractivity contribution in [3.8, 4) is 0 Å². The summed E-state index contributed by atoms with van der Waals surface area (Å²) in [6.45, 7) is 8.44. The van der Waals surface area contributed by atoms with Crippen molar-refractivity contribution in [2.24, 2.45) is 0 Å². The van der Waals surface area contributed by atoms with Gasteiger partial charge in [-0.2, -0.15) is 5.10 Å². The summed E-state index contributed by atoms with van der Waals surface area (Å²) in [5.41, 5.74) is 0.705. The first-order valence-electron chi connectivity index (χ1n) is 8.75. The summed E-state index contributed by atoms with van der Waals surface area (Å²) in [6.07, 6.45) is 5.11. The van der Waals surface area contributed by atoms with Gasteiger partial charge in [-0.25, -0.2) is 9.48 Å². The van der Waals surface area contributed by atoms with Gasteiger partial charge in [0.15, 0.2) is 0 Å². The largest absolute Gasteiger partial charge is 0.444 e. The molecule has 142 valence electrons. The Morgan fingerprint density at radius 3 is 2.92 bits per heavy atom. The van der Waals surface area contributed by atoms with Crippen LogP contribution in [0, 0.1) is 3.70 Å². The summed E-state index contributed by atoms with van der Waals surface area (Å²) in [5, 5.41) is 7.38. The molecule has 0 bridgehead atoms. The minimum Gasteiger partial charge on any atom is -0.444 e. The molecule has 1 saturated heterocycles. The first-order chi connectivity index (χ1) is 11.7. The normalized spacial score (nSPS) is 18.4. The van der Waals surface area contributed by atoms with Crippen LogP contribution in [-0.4, -0.2) is 53.1 Å². The molecule has 7 nitrogen and oxygen atoms in total. The zero-order valence-electron chi connectivity index (χ0n) is 15.5. The number of alkyl carbamates (subject to hydrolysis) is 1. The van der Waals surface area contributed by atoms with Crippen molar-refractivity contribution in [3.63, 3.8) is 0 Å². The van der Waals surface area contributed by atoms with E-state index in [4.69, 9.17) is 9.47 Å². The molecule has 1 atom stereocenters. The molecule has 0 saturated carbocycles. The van der Waals surface area contributed by atoms with Gasteiger partial charge in [0.25, 0.3) is 0 Å². The van der Waals surface area contributed by atoms with Crippen LogP contribution in [0.25, 0.3) is 0 Å². The predicted octanol–water partition coefficient (Wildman–Crippen LogP) is 3.14. The van der Waals surface area contributed by atoms with Crippen molar-refractivity contribution in [1.82, 2.24) is 20.0 Å². The van der Waals surface area contributed by atoms with E-state index in [1.165, 1.54) is 12.0 Å². The highest BCUT2D eigenvalue weighted by Gasteiger charge is 2.19. The van der Waals surface area contributed by atoms with Gasteiger partial charge in [0.1, 0.15) is 15.5 Å². The lowest BCUT2D eigenvalue weighted by Crippen LogP contribution is -2.36. The van der Waals surface area contributed by atoms with Crippen LogP contribution in [0.2, 0.25) is 0 Å². The Morgan fingerprint density at radius 1 is 1.52 bits per heavy atom. The number of halogens is 1. The lowest BCUT2D eigenvalue weighted by molar-refractivity contribution is -0.0397. The Morgan fingerprint density at radius 2 is 2.28 bits per heavy atom. The molecular formula is C17H29IN4O3. The molecule has 0 unspecified atom stereocenters. The number of amides is 1. The van der Waals surface area contributed by atoms with Crippen LogP contribution in [-0.2, 0) is 16.0 Å². The summed E-state index contributed by atoms with van der Waals surface area (Å²) in [6, 6.07) is 0. The second-order valence-corrected chi connectivity index (χ2v) is 8.43. The Hall–Kier alpha value is -0.870. The molecule has 1 amide bonds. The van der Waals surface area contributed by atoms with Crippen molar-refractivity contribution in [3.05, 3.63) is 15.5 Å². The van der Waals surface area contributed by atoms with Crippen molar-refractivity contribution in [1.29, 1.82) is 0 Å². The third-order valence-corrected chi connectivity index (χ3v) is 4.72. The summed E-state index contributed by atoms with van der Waals surface area (Å²) in [7, 11) is 2.03. The van der Waals surface area contributed by atoms with Crippen LogP contribution in [0.4, 0.5) is 4.79 Å². The number of hydrogen-bond acceptors (Lipinski definition) is 5. The highest BCUT2D eigenvalue weighted by molar-refractivity contribution is 14.1. The van der Waals surface area contributed by atoms with Gasteiger partial charge in [-0.15, -0.1) is 0 Å². The first-order valence-corrected chi connectivity index (χ1v) is 9.83. The smallest absolute Gasteiger partial charge is 0.407 e. The van der Waals surface area contributed by atoms with E-state index in [2.05, 4.69) is 44.1 Å². The first kappa shape index (κ1) is 20.4. The highest BCUT2D eigenvalue weighted by Crippen LogP contribution is 2.24. The molecule has 1 aliphatic heterocycles. The topological polar surface area (TPSA) is 68.6 Å². The van der Waals surface area contributed by atoms with Gasteiger partial charge in [0.05, 0.1) is 0 Å². The highest BCUT2D eigenvalue weighted by atomic mass is 127. The zero-order chi connectivity index (χ0) is 18.4. The van der Waals surface area contributed by atoms with E-state index in [1.54, 1.807) is 0 Å². The number of nitrogens with one attached hydrogen (secondary N) is 1. The molecule has 8 heteroatoms. The molecule has 2 heterocycles. The standard InChI is InChI=1S/C17H29IN4O3/c1-17(2,3)25-16(23)19-8-9-21(4)11-13-12-22(20-15(13)18)14-7-5-6-10-24-14/h12,14H,5-11H2,1-4H3,(H,19,23)/t14-/m1/s1. The number of nitrogens with zero attached hydrogens (tertiary/aromatic N) is 3. The van der Waals surface area contributed by atoms with Crippen molar-refractivity contribution in [2.75, 3.05) is 26.7 Å². The van der Waals surface area contributed by atoms with Crippen LogP contribution < -0.4 is 5.32 Å². The fourth-order valence-corrected chi connectivity index (χ4v) is 3.19. The van der Waals surface area contributed by atoms with Gasteiger partial charge in [-0.1, -0.05) is 0 Å². The third kappa shape index (κ3) is 7.10. The van der Waals surface area contributed by atoms with Gasteiger partial charge < -0.3 is 19.7 Å². The monoisotopic (exact) mass is 464 g/mol. The zero-order valence-corrected chi connectivity index (χ0v) is 17.7. The van der Waals surface area contributed by atoms with Gasteiger partial charge in [-0.3, -0.25) is 0 Å². The molecule has 0 spiro atoms. The number of rotatable bonds is 6. The average Bonchev–Trinajstić information content (AvgIpc) is 2.87. The molecule has 0 radical (unpaired) electrons. The number of carbonyl (C=O) groups is 1. The number of ether oxygens (including phenoxy) is 2. The number of hydrogen-bond donors (Lipinski definition) is 1. The SMILES string of the molecule is CN(CCNC(=O)OC(C)(C)C)Cc1cn([C@H]2CCCCO2)nc1I. The van der Waals surface area contributed by atoms with E-state index < -0.39 is 5.60 Å². The molecule has 1 aromatic heterocycles. The third-order valence-electron chi connectivity index (χ3n) is 3.81. The van der Waals surface area contributed by atoms with Gasteiger partial charge in [0.2, 0.25) is 0 Å². The van der Waals surface area contributed by atoms with Crippen LogP contribution in [0.3, 0.4) is 0 Å². The lowest BCUT2D eigenvalue weighted by atomic mass is 10.2. The Bertz CT molecular complexity index is 565.